The molecule has 0 spiro atoms. The van der Waals surface area contributed by atoms with E-state index >= 15 is 0 Å². The van der Waals surface area contributed by atoms with Gasteiger partial charge in [-0.1, -0.05) is 24.3 Å². The minimum Gasteiger partial charge on any atom is -0.294 e. The molecule has 1 aliphatic rings. The number of piperidine rings is 1. The predicted octanol–water partition coefficient (Wildman–Crippen LogP) is 2.82. The molecule has 0 aromatic heterocycles. The summed E-state index contributed by atoms with van der Waals surface area (Å²) >= 11 is 1.54. The largest absolute Gasteiger partial charge is 0.294 e. The first-order valence-electron chi connectivity index (χ1n) is 7.25. The second kappa shape index (κ2) is 7.44. The number of benzene rings is 1. The summed E-state index contributed by atoms with van der Waals surface area (Å²) in [5.41, 5.74) is 0.697. The summed E-state index contributed by atoms with van der Waals surface area (Å²) in [7, 11) is -3.34. The highest BCUT2D eigenvalue weighted by atomic mass is 32.2. The van der Waals surface area contributed by atoms with Crippen molar-refractivity contribution in [2.75, 3.05) is 25.1 Å². The lowest BCUT2D eigenvalue weighted by atomic mass is 9.91. The number of thioether (sulfide) groups is 1. The summed E-state index contributed by atoms with van der Waals surface area (Å²) in [5, 5.41) is 0. The lowest BCUT2D eigenvalue weighted by Gasteiger charge is -2.31. The molecule has 0 aliphatic carbocycles. The zero-order valence-corrected chi connectivity index (χ0v) is 14.3. The zero-order chi connectivity index (χ0) is 16.2. The SMILES string of the molecule is C=CCS(=O)(=O)N1CCC[C@@H](C(=O)c2ccccc2SC)C1. The van der Waals surface area contributed by atoms with Gasteiger partial charge in [0.15, 0.2) is 5.78 Å². The topological polar surface area (TPSA) is 54.5 Å². The van der Waals surface area contributed by atoms with Crippen LogP contribution in [0.5, 0.6) is 0 Å². The van der Waals surface area contributed by atoms with Crippen molar-refractivity contribution in [1.82, 2.24) is 4.31 Å². The van der Waals surface area contributed by atoms with Gasteiger partial charge in [0, 0.05) is 29.5 Å². The standard InChI is InChI=1S/C16H21NO3S2/c1-3-11-22(19,20)17-10-6-7-13(12-17)16(18)14-8-4-5-9-15(14)21-2/h3-5,8-9,13H,1,6-7,10-12H2,2H3/t13-/m1/s1. The molecule has 0 radical (unpaired) electrons. The van der Waals surface area contributed by atoms with Gasteiger partial charge in [0.2, 0.25) is 10.0 Å². The first-order valence-corrected chi connectivity index (χ1v) is 10.1. The van der Waals surface area contributed by atoms with Crippen LogP contribution in [-0.2, 0) is 10.0 Å². The van der Waals surface area contributed by atoms with Crippen LogP contribution in [0, 0.1) is 5.92 Å². The molecule has 22 heavy (non-hydrogen) atoms. The third-order valence-electron chi connectivity index (χ3n) is 3.85. The molecule has 6 heteroatoms. The van der Waals surface area contributed by atoms with Crippen LogP contribution in [0.1, 0.15) is 23.2 Å². The molecule has 1 fully saturated rings. The van der Waals surface area contributed by atoms with Gasteiger partial charge in [0.05, 0.1) is 5.75 Å². The quantitative estimate of drug-likeness (QED) is 0.454. The van der Waals surface area contributed by atoms with Gasteiger partial charge >= 0.3 is 0 Å². The summed E-state index contributed by atoms with van der Waals surface area (Å²) in [6, 6.07) is 7.50. The summed E-state index contributed by atoms with van der Waals surface area (Å²) in [6.45, 7) is 4.26. The van der Waals surface area contributed by atoms with E-state index in [0.717, 1.165) is 11.3 Å². The number of nitrogens with zero attached hydrogens (tertiary/aromatic N) is 1. The minimum atomic E-state index is -3.34. The van der Waals surface area contributed by atoms with Crippen molar-refractivity contribution < 1.29 is 13.2 Å². The molecule has 0 N–H and O–H groups in total. The third-order valence-corrected chi connectivity index (χ3v) is 6.42. The first kappa shape index (κ1) is 17.2. The number of carbonyl (C=O) groups excluding carboxylic acids is 1. The van der Waals surface area contributed by atoms with Crippen molar-refractivity contribution >= 4 is 27.6 Å². The van der Waals surface area contributed by atoms with Crippen LogP contribution in [0.25, 0.3) is 0 Å². The Labute approximate surface area is 136 Å². The van der Waals surface area contributed by atoms with Crippen LogP contribution in [0.2, 0.25) is 0 Å². The van der Waals surface area contributed by atoms with Crippen LogP contribution < -0.4 is 0 Å². The maximum Gasteiger partial charge on any atom is 0.217 e. The van der Waals surface area contributed by atoms with Crippen molar-refractivity contribution in [1.29, 1.82) is 0 Å². The molecule has 0 saturated carbocycles. The third kappa shape index (κ3) is 3.80. The maximum atomic E-state index is 12.8. The average molecular weight is 339 g/mol. The van der Waals surface area contributed by atoms with Gasteiger partial charge in [-0.05, 0) is 25.2 Å². The molecular formula is C16H21NO3S2. The molecule has 0 amide bonds. The Bertz CT molecular complexity index is 655. The molecule has 1 aromatic rings. The van der Waals surface area contributed by atoms with Crippen molar-refractivity contribution in [3.05, 3.63) is 42.5 Å². The molecule has 2 rings (SSSR count). The monoisotopic (exact) mass is 339 g/mol. The van der Waals surface area contributed by atoms with E-state index in [-0.39, 0.29) is 24.0 Å². The lowest BCUT2D eigenvalue weighted by molar-refractivity contribution is 0.0869. The number of carbonyl (C=O) groups is 1. The average Bonchev–Trinajstić information content (AvgIpc) is 2.54. The Morgan fingerprint density at radius 2 is 2.18 bits per heavy atom. The van der Waals surface area contributed by atoms with E-state index in [0.29, 0.717) is 18.5 Å². The highest BCUT2D eigenvalue weighted by Gasteiger charge is 2.32. The van der Waals surface area contributed by atoms with E-state index in [1.54, 1.807) is 0 Å². The van der Waals surface area contributed by atoms with Gasteiger partial charge < -0.3 is 0 Å². The Morgan fingerprint density at radius 3 is 2.86 bits per heavy atom. The van der Waals surface area contributed by atoms with Crippen molar-refractivity contribution in [2.24, 2.45) is 5.92 Å². The lowest BCUT2D eigenvalue weighted by Crippen LogP contribution is -2.43. The predicted molar refractivity (Wildman–Crippen MR) is 90.8 cm³/mol. The number of rotatable bonds is 6. The Hall–Kier alpha value is -1.11. The second-order valence-electron chi connectivity index (χ2n) is 5.33. The van der Waals surface area contributed by atoms with E-state index in [4.69, 9.17) is 0 Å². The maximum absolute atomic E-state index is 12.8. The van der Waals surface area contributed by atoms with E-state index in [1.807, 2.05) is 30.5 Å². The fourth-order valence-electron chi connectivity index (χ4n) is 2.73. The molecule has 4 nitrogen and oxygen atoms in total. The van der Waals surface area contributed by atoms with Crippen molar-refractivity contribution in [3.63, 3.8) is 0 Å². The van der Waals surface area contributed by atoms with E-state index in [2.05, 4.69) is 6.58 Å². The van der Waals surface area contributed by atoms with Gasteiger partial charge in [0.1, 0.15) is 0 Å². The van der Waals surface area contributed by atoms with Gasteiger partial charge in [0.25, 0.3) is 0 Å². The van der Waals surface area contributed by atoms with Gasteiger partial charge in [-0.2, -0.15) is 0 Å². The Morgan fingerprint density at radius 1 is 1.45 bits per heavy atom. The normalized spacial score (nSPS) is 19.8. The van der Waals surface area contributed by atoms with Gasteiger partial charge in [-0.25, -0.2) is 12.7 Å². The van der Waals surface area contributed by atoms with Crippen molar-refractivity contribution in [2.45, 2.75) is 17.7 Å². The molecule has 0 unspecified atom stereocenters. The molecule has 1 aliphatic heterocycles. The number of ketones is 1. The van der Waals surface area contributed by atoms with Crippen LogP contribution >= 0.6 is 11.8 Å². The minimum absolute atomic E-state index is 0.0449. The second-order valence-corrected chi connectivity index (χ2v) is 8.19. The number of Topliss-reactive ketones (excluding diaryl/α,β-unsaturated/α-hetero) is 1. The first-order chi connectivity index (χ1) is 10.5. The molecule has 1 aromatic carbocycles. The van der Waals surface area contributed by atoms with Gasteiger partial charge in [-0.3, -0.25) is 4.79 Å². The van der Waals surface area contributed by atoms with Crippen LogP contribution in [0.4, 0.5) is 0 Å². The van der Waals surface area contributed by atoms with E-state index in [9.17, 15) is 13.2 Å². The fourth-order valence-corrected chi connectivity index (χ4v) is 4.66. The van der Waals surface area contributed by atoms with Crippen LogP contribution in [0.3, 0.4) is 0 Å². The number of sulfonamides is 1. The summed E-state index contributed by atoms with van der Waals surface area (Å²) in [5.74, 6) is -0.292. The van der Waals surface area contributed by atoms with Crippen LogP contribution in [-0.4, -0.2) is 43.6 Å². The molecule has 120 valence electrons. The van der Waals surface area contributed by atoms with Crippen molar-refractivity contribution in [3.8, 4) is 0 Å². The van der Waals surface area contributed by atoms with Gasteiger partial charge in [-0.15, -0.1) is 18.3 Å². The van der Waals surface area contributed by atoms with E-state index in [1.165, 1.54) is 22.1 Å². The fraction of sp³-hybridized carbons (Fsp3) is 0.438. The summed E-state index contributed by atoms with van der Waals surface area (Å²) in [4.78, 5) is 13.7. The molecule has 1 atom stereocenters. The smallest absolute Gasteiger partial charge is 0.217 e. The summed E-state index contributed by atoms with van der Waals surface area (Å²) in [6.07, 6.45) is 4.79. The highest BCUT2D eigenvalue weighted by Crippen LogP contribution is 2.27. The number of hydrogen-bond donors (Lipinski definition) is 0. The molecular weight excluding hydrogens is 318 g/mol. The Balaban J connectivity index is 2.19. The zero-order valence-electron chi connectivity index (χ0n) is 12.7. The molecule has 0 bridgehead atoms. The van der Waals surface area contributed by atoms with E-state index < -0.39 is 10.0 Å². The highest BCUT2D eigenvalue weighted by molar-refractivity contribution is 7.98. The summed E-state index contributed by atoms with van der Waals surface area (Å²) < 4.78 is 25.7. The molecule has 1 saturated heterocycles. The molecule has 1 heterocycles. The van der Waals surface area contributed by atoms with Crippen LogP contribution in [0.15, 0.2) is 41.8 Å². The Kier molecular flexibility index (Phi) is 5.83. The number of hydrogen-bond acceptors (Lipinski definition) is 4.